The molecule has 0 aliphatic heterocycles. The molecule has 0 radical (unpaired) electrons. The first kappa shape index (κ1) is 23.9. The zero-order chi connectivity index (χ0) is 20.8. The molecule has 0 heterocycles. The highest BCUT2D eigenvalue weighted by Gasteiger charge is 2.22. The summed E-state index contributed by atoms with van der Waals surface area (Å²) < 4.78 is 16.2. The van der Waals surface area contributed by atoms with E-state index < -0.39 is 12.1 Å². The highest BCUT2D eigenvalue weighted by Crippen LogP contribution is 2.07. The van der Waals surface area contributed by atoms with Crippen molar-refractivity contribution in [3.8, 4) is 0 Å². The topological polar surface area (TPSA) is 85.9 Å². The first-order valence-electron chi connectivity index (χ1n) is 9.94. The lowest BCUT2D eigenvalue weighted by Gasteiger charge is -2.21. The molecule has 158 valence electrons. The summed E-state index contributed by atoms with van der Waals surface area (Å²) in [5.74, 6) is 0.00174. The van der Waals surface area contributed by atoms with Crippen LogP contribution in [-0.4, -0.2) is 44.1 Å². The van der Waals surface area contributed by atoms with Crippen LogP contribution in [0.4, 0.5) is 4.79 Å². The zero-order valence-electron chi connectivity index (χ0n) is 17.4. The summed E-state index contributed by atoms with van der Waals surface area (Å²) in [5, 5.41) is 5.52. The number of carbonyl (C=O) groups excluding carboxylic acids is 2. The Labute approximate surface area is 168 Å². The van der Waals surface area contributed by atoms with Crippen LogP contribution in [0, 0.1) is 5.92 Å². The van der Waals surface area contributed by atoms with Crippen LogP contribution in [0.3, 0.4) is 0 Å². The van der Waals surface area contributed by atoms with Gasteiger partial charge in [-0.25, -0.2) is 4.79 Å². The third-order valence-electron chi connectivity index (χ3n) is 3.91. The number of hydrogen-bond donors (Lipinski definition) is 2. The molecule has 1 aromatic rings. The van der Waals surface area contributed by atoms with Gasteiger partial charge in [0.25, 0.3) is 0 Å². The second-order valence-corrected chi connectivity index (χ2v) is 6.81. The highest BCUT2D eigenvalue weighted by molar-refractivity contribution is 5.85. The lowest BCUT2D eigenvalue weighted by molar-refractivity contribution is -0.140. The molecule has 0 saturated heterocycles. The minimum Gasteiger partial charge on any atom is -0.445 e. The van der Waals surface area contributed by atoms with E-state index in [4.69, 9.17) is 14.2 Å². The molecule has 1 atom stereocenters. The summed E-state index contributed by atoms with van der Waals surface area (Å²) >= 11 is 0. The fourth-order valence-electron chi connectivity index (χ4n) is 2.63. The number of benzene rings is 1. The zero-order valence-corrected chi connectivity index (χ0v) is 17.4. The molecule has 2 amide bonds. The first-order valence-corrected chi connectivity index (χ1v) is 9.94. The number of rotatable bonds is 13. The molecule has 28 heavy (non-hydrogen) atoms. The van der Waals surface area contributed by atoms with Gasteiger partial charge in [0.05, 0.1) is 0 Å². The fraction of sp³-hybridized carbons (Fsp3) is 0.619. The summed E-state index contributed by atoms with van der Waals surface area (Å²) in [5.41, 5.74) is 0.889. The summed E-state index contributed by atoms with van der Waals surface area (Å²) in [4.78, 5) is 24.6. The van der Waals surface area contributed by atoms with Crippen molar-refractivity contribution in [2.45, 2.75) is 59.5 Å². The Morgan fingerprint density at radius 1 is 1.04 bits per heavy atom. The van der Waals surface area contributed by atoms with Crippen LogP contribution in [0.1, 0.15) is 46.1 Å². The van der Waals surface area contributed by atoms with E-state index in [1.165, 1.54) is 0 Å². The minimum absolute atomic E-state index is 0.160. The van der Waals surface area contributed by atoms with Crippen LogP contribution in [0.5, 0.6) is 0 Å². The molecule has 1 unspecified atom stereocenters. The van der Waals surface area contributed by atoms with Crippen molar-refractivity contribution in [3.05, 3.63) is 35.9 Å². The number of nitrogens with one attached hydrogen (secondary N) is 2. The monoisotopic (exact) mass is 394 g/mol. The first-order chi connectivity index (χ1) is 13.5. The number of hydrogen-bond acceptors (Lipinski definition) is 5. The lowest BCUT2D eigenvalue weighted by Crippen LogP contribution is -2.48. The maximum Gasteiger partial charge on any atom is 0.408 e. The van der Waals surface area contributed by atoms with Crippen molar-refractivity contribution >= 4 is 12.0 Å². The van der Waals surface area contributed by atoms with Gasteiger partial charge in [-0.3, -0.25) is 4.79 Å². The maximum absolute atomic E-state index is 12.5. The van der Waals surface area contributed by atoms with E-state index in [0.717, 1.165) is 5.56 Å². The Balaban J connectivity index is 2.48. The Hall–Kier alpha value is -2.12. The van der Waals surface area contributed by atoms with E-state index in [1.807, 2.05) is 58.0 Å². The fourth-order valence-corrected chi connectivity index (χ4v) is 2.63. The molecule has 0 aliphatic carbocycles. The molecule has 0 aliphatic rings. The Bertz CT molecular complexity index is 559. The van der Waals surface area contributed by atoms with Gasteiger partial charge in [-0.1, -0.05) is 44.2 Å². The minimum atomic E-state index is -0.652. The van der Waals surface area contributed by atoms with E-state index in [2.05, 4.69) is 10.6 Å². The Morgan fingerprint density at radius 2 is 1.68 bits per heavy atom. The molecule has 1 rings (SSSR count). The SMILES string of the molecule is CCOC(CCNC(=O)C(CC(C)C)NC(=O)OCc1ccccc1)OCC. The van der Waals surface area contributed by atoms with Crippen molar-refractivity contribution in [2.75, 3.05) is 19.8 Å². The van der Waals surface area contributed by atoms with Crippen molar-refractivity contribution in [1.29, 1.82) is 0 Å². The summed E-state index contributed by atoms with van der Waals surface area (Å²) in [7, 11) is 0. The Kier molecular flexibility index (Phi) is 11.9. The summed E-state index contributed by atoms with van der Waals surface area (Å²) in [6.07, 6.45) is 0.112. The second kappa shape index (κ2) is 14.0. The van der Waals surface area contributed by atoms with Gasteiger partial charge < -0.3 is 24.8 Å². The van der Waals surface area contributed by atoms with Crippen LogP contribution in [0.25, 0.3) is 0 Å². The maximum atomic E-state index is 12.5. The number of amides is 2. The van der Waals surface area contributed by atoms with E-state index in [1.54, 1.807) is 0 Å². The molecular weight excluding hydrogens is 360 g/mol. The van der Waals surface area contributed by atoms with Gasteiger partial charge >= 0.3 is 6.09 Å². The standard InChI is InChI=1S/C21H34N2O5/c1-5-26-19(27-6-2)12-13-22-20(24)18(14-16(3)4)23-21(25)28-15-17-10-8-7-9-11-17/h7-11,16,18-19H,5-6,12-15H2,1-4H3,(H,22,24)(H,23,25). The quantitative estimate of drug-likeness (QED) is 0.502. The third kappa shape index (κ3) is 10.3. The molecule has 0 aromatic heterocycles. The second-order valence-electron chi connectivity index (χ2n) is 6.81. The van der Waals surface area contributed by atoms with Crippen molar-refractivity contribution in [3.63, 3.8) is 0 Å². The van der Waals surface area contributed by atoms with Gasteiger partial charge in [-0.15, -0.1) is 0 Å². The smallest absolute Gasteiger partial charge is 0.408 e. The van der Waals surface area contributed by atoms with E-state index in [9.17, 15) is 9.59 Å². The molecule has 7 nitrogen and oxygen atoms in total. The van der Waals surface area contributed by atoms with Crippen LogP contribution >= 0.6 is 0 Å². The van der Waals surface area contributed by atoms with E-state index in [-0.39, 0.29) is 24.7 Å². The summed E-state index contributed by atoms with van der Waals surface area (Å²) in [6.45, 7) is 9.44. The highest BCUT2D eigenvalue weighted by atomic mass is 16.7. The molecule has 7 heteroatoms. The molecule has 0 saturated carbocycles. The van der Waals surface area contributed by atoms with Gasteiger partial charge in [0.15, 0.2) is 6.29 Å². The number of alkyl carbamates (subject to hydrolysis) is 1. The normalized spacial score (nSPS) is 12.1. The molecule has 0 spiro atoms. The van der Waals surface area contributed by atoms with Crippen molar-refractivity contribution < 1.29 is 23.8 Å². The number of ether oxygens (including phenoxy) is 3. The largest absolute Gasteiger partial charge is 0.445 e. The Morgan fingerprint density at radius 3 is 2.25 bits per heavy atom. The van der Waals surface area contributed by atoms with Gasteiger partial charge in [0.1, 0.15) is 12.6 Å². The van der Waals surface area contributed by atoms with Crippen LogP contribution in [0.15, 0.2) is 30.3 Å². The molecular formula is C21H34N2O5. The molecule has 0 bridgehead atoms. The van der Waals surface area contributed by atoms with Crippen LogP contribution < -0.4 is 10.6 Å². The average Bonchev–Trinajstić information content (AvgIpc) is 2.66. The predicted molar refractivity (Wildman–Crippen MR) is 108 cm³/mol. The molecule has 2 N–H and O–H groups in total. The van der Waals surface area contributed by atoms with Crippen LogP contribution in [0.2, 0.25) is 0 Å². The van der Waals surface area contributed by atoms with E-state index in [0.29, 0.717) is 32.6 Å². The van der Waals surface area contributed by atoms with Crippen molar-refractivity contribution in [2.24, 2.45) is 5.92 Å². The predicted octanol–water partition coefficient (Wildman–Crippen LogP) is 3.23. The lowest BCUT2D eigenvalue weighted by atomic mass is 10.0. The van der Waals surface area contributed by atoms with Gasteiger partial charge in [-0.2, -0.15) is 0 Å². The third-order valence-corrected chi connectivity index (χ3v) is 3.91. The van der Waals surface area contributed by atoms with Crippen molar-refractivity contribution in [1.82, 2.24) is 10.6 Å². The average molecular weight is 395 g/mol. The van der Waals surface area contributed by atoms with Gasteiger partial charge in [0.2, 0.25) is 5.91 Å². The van der Waals surface area contributed by atoms with E-state index >= 15 is 0 Å². The molecule has 1 aromatic carbocycles. The summed E-state index contributed by atoms with van der Waals surface area (Å²) in [6, 6.07) is 8.75. The van der Waals surface area contributed by atoms with Gasteiger partial charge in [0, 0.05) is 26.2 Å². The molecule has 0 fully saturated rings. The number of carbonyl (C=O) groups is 2. The van der Waals surface area contributed by atoms with Crippen LogP contribution in [-0.2, 0) is 25.6 Å². The van der Waals surface area contributed by atoms with Gasteiger partial charge in [-0.05, 0) is 31.7 Å².